The van der Waals surface area contributed by atoms with Gasteiger partial charge in [-0.3, -0.25) is 14.3 Å². The van der Waals surface area contributed by atoms with E-state index in [4.69, 9.17) is 32.7 Å². The maximum absolute atomic E-state index is 12.9. The number of amides is 1. The van der Waals surface area contributed by atoms with E-state index in [9.17, 15) is 14.4 Å². The van der Waals surface area contributed by atoms with Crippen molar-refractivity contribution in [1.82, 2.24) is 9.36 Å². The Hall–Kier alpha value is -3.23. The van der Waals surface area contributed by atoms with Crippen LogP contribution in [0.25, 0.3) is 5.69 Å². The Morgan fingerprint density at radius 2 is 1.81 bits per heavy atom. The minimum absolute atomic E-state index is 0.105. The Labute approximate surface area is 194 Å². The molecule has 1 atom stereocenters. The molecule has 1 amide bonds. The Bertz CT molecular complexity index is 1200. The normalized spacial score (nSPS) is 11.7. The molecule has 3 rings (SSSR count). The standard InChI is InChI=1S/C22H21Cl2N3O5/c1-13-20(22(30)27(26(13)3)16-7-5-4-6-8-16)25-21(29)14(2)32-19(28)12-31-18-10-9-15(23)11-17(18)24/h4-11,14H,12H2,1-3H3,(H,25,29)/t14-/m0/s1. The fourth-order valence-electron chi connectivity index (χ4n) is 2.95. The SMILES string of the molecule is Cc1c(NC(=O)[C@H](C)OC(=O)COc2ccc(Cl)cc2Cl)c(=O)n(-c2ccccc2)n1C. The minimum Gasteiger partial charge on any atom is -0.480 e. The van der Waals surface area contributed by atoms with Crippen LogP contribution in [0.1, 0.15) is 12.6 Å². The number of nitrogens with zero attached hydrogens (tertiary/aromatic N) is 2. The monoisotopic (exact) mass is 477 g/mol. The Morgan fingerprint density at radius 1 is 1.12 bits per heavy atom. The molecule has 168 valence electrons. The van der Waals surface area contributed by atoms with Gasteiger partial charge in [0.1, 0.15) is 11.4 Å². The number of nitrogens with one attached hydrogen (secondary N) is 1. The second-order valence-corrected chi connectivity index (χ2v) is 7.76. The number of carbonyl (C=O) groups is 2. The third kappa shape index (κ3) is 5.15. The number of hydrogen-bond acceptors (Lipinski definition) is 5. The fraction of sp³-hybridized carbons (Fsp3) is 0.227. The first-order valence-electron chi connectivity index (χ1n) is 9.61. The van der Waals surface area contributed by atoms with Gasteiger partial charge in [-0.25, -0.2) is 9.48 Å². The molecular weight excluding hydrogens is 457 g/mol. The van der Waals surface area contributed by atoms with Crippen LogP contribution in [0.2, 0.25) is 10.0 Å². The van der Waals surface area contributed by atoms with Crippen molar-refractivity contribution in [3.63, 3.8) is 0 Å². The highest BCUT2D eigenvalue weighted by Gasteiger charge is 2.23. The summed E-state index contributed by atoms with van der Waals surface area (Å²) in [6.45, 7) is 2.65. The number of aromatic nitrogens is 2. The molecule has 0 spiro atoms. The largest absolute Gasteiger partial charge is 0.480 e. The number of hydrogen-bond donors (Lipinski definition) is 1. The molecule has 0 aliphatic carbocycles. The molecule has 0 saturated carbocycles. The van der Waals surface area contributed by atoms with Gasteiger partial charge >= 0.3 is 5.97 Å². The van der Waals surface area contributed by atoms with E-state index >= 15 is 0 Å². The molecule has 0 fully saturated rings. The van der Waals surface area contributed by atoms with Crippen molar-refractivity contribution in [2.24, 2.45) is 7.05 Å². The summed E-state index contributed by atoms with van der Waals surface area (Å²) in [4.78, 5) is 37.5. The summed E-state index contributed by atoms with van der Waals surface area (Å²) in [5.41, 5.74) is 0.907. The molecule has 0 aliphatic heterocycles. The fourth-order valence-corrected chi connectivity index (χ4v) is 3.41. The summed E-state index contributed by atoms with van der Waals surface area (Å²) in [5.74, 6) is -1.16. The van der Waals surface area contributed by atoms with Gasteiger partial charge in [-0.15, -0.1) is 0 Å². The van der Waals surface area contributed by atoms with Crippen LogP contribution in [-0.2, 0) is 21.4 Å². The van der Waals surface area contributed by atoms with Gasteiger partial charge in [-0.2, -0.15) is 0 Å². The summed E-state index contributed by atoms with van der Waals surface area (Å²) >= 11 is 11.8. The van der Waals surface area contributed by atoms with Crippen LogP contribution in [0.4, 0.5) is 5.69 Å². The van der Waals surface area contributed by atoms with E-state index in [1.54, 1.807) is 36.9 Å². The average molecular weight is 478 g/mol. The molecule has 0 unspecified atom stereocenters. The third-order valence-electron chi connectivity index (χ3n) is 4.72. The van der Waals surface area contributed by atoms with E-state index in [1.165, 1.54) is 23.7 Å². The number of para-hydroxylation sites is 1. The van der Waals surface area contributed by atoms with Crippen molar-refractivity contribution in [3.8, 4) is 11.4 Å². The molecule has 8 nitrogen and oxygen atoms in total. The van der Waals surface area contributed by atoms with E-state index in [-0.39, 0.29) is 16.5 Å². The topological polar surface area (TPSA) is 91.6 Å². The third-order valence-corrected chi connectivity index (χ3v) is 5.25. The molecule has 1 N–H and O–H groups in total. The van der Waals surface area contributed by atoms with Gasteiger partial charge in [0.15, 0.2) is 12.7 Å². The minimum atomic E-state index is -1.16. The molecule has 0 saturated heterocycles. The Kier molecular flexibility index (Phi) is 7.27. The van der Waals surface area contributed by atoms with E-state index in [1.807, 2.05) is 18.2 Å². The van der Waals surface area contributed by atoms with Crippen LogP contribution in [0.15, 0.2) is 53.3 Å². The first-order valence-corrected chi connectivity index (χ1v) is 10.4. The molecule has 32 heavy (non-hydrogen) atoms. The zero-order valence-electron chi connectivity index (χ0n) is 17.6. The van der Waals surface area contributed by atoms with Gasteiger partial charge < -0.3 is 14.8 Å². The van der Waals surface area contributed by atoms with Gasteiger partial charge in [-0.1, -0.05) is 41.4 Å². The summed E-state index contributed by atoms with van der Waals surface area (Å²) < 4.78 is 13.5. The van der Waals surface area contributed by atoms with Gasteiger partial charge in [0.25, 0.3) is 11.5 Å². The van der Waals surface area contributed by atoms with E-state index in [0.717, 1.165) is 0 Å². The molecule has 0 radical (unpaired) electrons. The van der Waals surface area contributed by atoms with Gasteiger partial charge in [0, 0.05) is 12.1 Å². The molecule has 1 aromatic heterocycles. The second-order valence-electron chi connectivity index (χ2n) is 6.92. The van der Waals surface area contributed by atoms with Crippen LogP contribution in [0.5, 0.6) is 5.75 Å². The van der Waals surface area contributed by atoms with Crippen molar-refractivity contribution < 1.29 is 19.1 Å². The number of ether oxygens (including phenoxy) is 2. The average Bonchev–Trinajstić information content (AvgIpc) is 2.96. The van der Waals surface area contributed by atoms with E-state index in [0.29, 0.717) is 16.4 Å². The van der Waals surface area contributed by atoms with Gasteiger partial charge in [-0.05, 0) is 44.2 Å². The molecule has 2 aromatic carbocycles. The van der Waals surface area contributed by atoms with Crippen molar-refractivity contribution in [2.45, 2.75) is 20.0 Å². The number of carbonyl (C=O) groups excluding carboxylic acids is 2. The lowest BCUT2D eigenvalue weighted by molar-refractivity contribution is -0.155. The van der Waals surface area contributed by atoms with Crippen LogP contribution >= 0.6 is 23.2 Å². The first kappa shape index (κ1) is 23.4. The lowest BCUT2D eigenvalue weighted by atomic mass is 10.3. The molecule has 0 bridgehead atoms. The highest BCUT2D eigenvalue weighted by atomic mass is 35.5. The maximum Gasteiger partial charge on any atom is 0.344 e. The van der Waals surface area contributed by atoms with Gasteiger partial charge in [0.05, 0.1) is 16.4 Å². The zero-order chi connectivity index (χ0) is 23.4. The summed E-state index contributed by atoms with van der Waals surface area (Å²) in [5, 5.41) is 3.23. The van der Waals surface area contributed by atoms with E-state index in [2.05, 4.69) is 5.32 Å². The quantitative estimate of drug-likeness (QED) is 0.523. The summed E-state index contributed by atoms with van der Waals surface area (Å²) in [6, 6.07) is 13.6. The predicted molar refractivity (Wildman–Crippen MR) is 122 cm³/mol. The molecular formula is C22H21Cl2N3O5. The lowest BCUT2D eigenvalue weighted by Crippen LogP contribution is -2.33. The number of esters is 1. The van der Waals surface area contributed by atoms with Gasteiger partial charge in [0.2, 0.25) is 0 Å². The van der Waals surface area contributed by atoms with E-state index < -0.39 is 30.1 Å². The number of halogens is 2. The molecule has 1 heterocycles. The number of benzene rings is 2. The number of rotatable bonds is 7. The maximum atomic E-state index is 12.9. The van der Waals surface area contributed by atoms with Crippen LogP contribution in [0, 0.1) is 6.92 Å². The molecule has 3 aromatic rings. The summed E-state index contributed by atoms with van der Waals surface area (Å²) in [7, 11) is 1.71. The van der Waals surface area contributed by atoms with Crippen molar-refractivity contribution in [3.05, 3.63) is 74.6 Å². The van der Waals surface area contributed by atoms with Crippen molar-refractivity contribution in [1.29, 1.82) is 0 Å². The Balaban J connectivity index is 1.64. The first-order chi connectivity index (χ1) is 15.2. The Morgan fingerprint density at radius 3 is 2.47 bits per heavy atom. The van der Waals surface area contributed by atoms with Crippen molar-refractivity contribution >= 4 is 40.8 Å². The van der Waals surface area contributed by atoms with Crippen molar-refractivity contribution in [2.75, 3.05) is 11.9 Å². The smallest absolute Gasteiger partial charge is 0.344 e. The second kappa shape index (κ2) is 9.93. The highest BCUT2D eigenvalue weighted by Crippen LogP contribution is 2.27. The predicted octanol–water partition coefficient (Wildman–Crippen LogP) is 3.74. The molecule has 10 heteroatoms. The van der Waals surface area contributed by atoms with Crippen LogP contribution in [-0.4, -0.2) is 34.0 Å². The highest BCUT2D eigenvalue weighted by molar-refractivity contribution is 6.35. The van der Waals surface area contributed by atoms with Crippen LogP contribution in [0.3, 0.4) is 0 Å². The molecule has 0 aliphatic rings. The zero-order valence-corrected chi connectivity index (χ0v) is 19.1. The summed E-state index contributed by atoms with van der Waals surface area (Å²) in [6.07, 6.45) is -1.16. The van der Waals surface area contributed by atoms with Crippen LogP contribution < -0.4 is 15.6 Å². The number of anilines is 1. The lowest BCUT2D eigenvalue weighted by Gasteiger charge is -2.14.